The maximum atomic E-state index is 5.91. The van der Waals surface area contributed by atoms with Gasteiger partial charge < -0.3 is 9.47 Å². The third-order valence-electron chi connectivity index (χ3n) is 3.09. The minimum absolute atomic E-state index is 0.808. The van der Waals surface area contributed by atoms with Crippen LogP contribution >= 0.6 is 6.04 Å². The van der Waals surface area contributed by atoms with Crippen LogP contribution in [0.5, 0.6) is 11.5 Å². The van der Waals surface area contributed by atoms with Gasteiger partial charge in [0.25, 0.3) is 0 Å². The van der Waals surface area contributed by atoms with Gasteiger partial charge in [0.1, 0.15) is 11.5 Å². The summed E-state index contributed by atoms with van der Waals surface area (Å²) in [6.45, 7) is 2.12. The molecular weight excluding hydrogens is 275 g/mol. The first-order valence-electron chi connectivity index (χ1n) is 5.95. The predicted octanol–water partition coefficient (Wildman–Crippen LogP) is 2.76. The Morgan fingerprint density at radius 2 is 1.63 bits per heavy atom. The lowest BCUT2D eigenvalue weighted by Gasteiger charge is -2.21. The van der Waals surface area contributed by atoms with Crippen LogP contribution in [0.1, 0.15) is 0 Å². The summed E-state index contributed by atoms with van der Waals surface area (Å²) in [4.78, 5) is 0. The number of ether oxygens (including phenoxy) is 2. The first-order chi connectivity index (χ1) is 9.09. The highest BCUT2D eigenvalue weighted by Gasteiger charge is 2.21. The highest BCUT2D eigenvalue weighted by atomic mass is 32.4. The predicted molar refractivity (Wildman–Crippen MR) is 85.5 cm³/mol. The zero-order valence-corrected chi connectivity index (χ0v) is 13.0. The summed E-state index contributed by atoms with van der Waals surface area (Å²) in [5.41, 5.74) is 0. The zero-order valence-electron chi connectivity index (χ0n) is 11.3. The maximum Gasteiger partial charge on any atom is 0.127 e. The van der Waals surface area contributed by atoms with Crippen molar-refractivity contribution in [1.82, 2.24) is 0 Å². The van der Waals surface area contributed by atoms with E-state index in [4.69, 9.17) is 21.3 Å². The lowest BCUT2D eigenvalue weighted by atomic mass is 10.3. The van der Waals surface area contributed by atoms with Gasteiger partial charge in [-0.25, -0.2) is 0 Å². The van der Waals surface area contributed by atoms with Crippen LogP contribution in [0.15, 0.2) is 48.5 Å². The van der Waals surface area contributed by atoms with Gasteiger partial charge in [0, 0.05) is 11.3 Å². The van der Waals surface area contributed by atoms with Crippen molar-refractivity contribution in [3.63, 3.8) is 0 Å². The molecule has 0 aliphatic carbocycles. The molecule has 1 unspecified atom stereocenters. The zero-order chi connectivity index (χ0) is 13.9. The Bertz CT molecular complexity index is 611. The van der Waals surface area contributed by atoms with Gasteiger partial charge in [0.2, 0.25) is 0 Å². The molecule has 0 fully saturated rings. The van der Waals surface area contributed by atoms with Crippen LogP contribution in [-0.2, 0) is 11.8 Å². The number of benzene rings is 2. The molecule has 4 heteroatoms. The number of hydrogen-bond donors (Lipinski definition) is 0. The molecule has 0 heterocycles. The van der Waals surface area contributed by atoms with Crippen LogP contribution < -0.4 is 20.1 Å². The molecule has 19 heavy (non-hydrogen) atoms. The van der Waals surface area contributed by atoms with Gasteiger partial charge in [-0.1, -0.05) is 42.1 Å². The Labute approximate surface area is 119 Å². The Morgan fingerprint density at radius 3 is 2.21 bits per heavy atom. The van der Waals surface area contributed by atoms with E-state index in [2.05, 4.69) is 18.8 Å². The summed E-state index contributed by atoms with van der Waals surface area (Å²) in [5, 5.41) is 2.23. The number of rotatable bonds is 4. The molecule has 0 aliphatic heterocycles. The SMILES string of the molecule is COc1ccc(OC)c(P(C)(=S)c2ccccc2)c1. The fourth-order valence-electron chi connectivity index (χ4n) is 1.98. The normalized spacial score (nSPS) is 13.6. The fourth-order valence-corrected chi connectivity index (χ4v) is 4.75. The van der Waals surface area contributed by atoms with E-state index in [1.807, 2.05) is 36.4 Å². The van der Waals surface area contributed by atoms with Crippen molar-refractivity contribution >= 4 is 28.5 Å². The lowest BCUT2D eigenvalue weighted by molar-refractivity contribution is 0.406. The average molecular weight is 292 g/mol. The molecule has 0 saturated carbocycles. The van der Waals surface area contributed by atoms with E-state index in [1.54, 1.807) is 14.2 Å². The summed E-state index contributed by atoms with van der Waals surface area (Å²) in [5.74, 6) is 1.64. The maximum absolute atomic E-state index is 5.91. The molecule has 1 atom stereocenters. The molecule has 0 N–H and O–H groups in total. The summed E-state index contributed by atoms with van der Waals surface area (Å²) < 4.78 is 10.8. The fraction of sp³-hybridized carbons (Fsp3) is 0.200. The Morgan fingerprint density at radius 1 is 0.947 bits per heavy atom. The molecule has 0 spiro atoms. The van der Waals surface area contributed by atoms with Gasteiger partial charge in [0.05, 0.1) is 14.2 Å². The smallest absolute Gasteiger partial charge is 0.127 e. The largest absolute Gasteiger partial charge is 0.497 e. The van der Waals surface area contributed by atoms with Crippen LogP contribution in [0.25, 0.3) is 0 Å². The van der Waals surface area contributed by atoms with E-state index in [0.29, 0.717) is 0 Å². The van der Waals surface area contributed by atoms with Gasteiger partial charge in [-0.2, -0.15) is 0 Å². The summed E-state index contributed by atoms with van der Waals surface area (Å²) >= 11 is 5.91. The van der Waals surface area contributed by atoms with Crippen LogP contribution in [0.3, 0.4) is 0 Å². The van der Waals surface area contributed by atoms with Gasteiger partial charge in [-0.3, -0.25) is 0 Å². The molecule has 100 valence electrons. The summed E-state index contributed by atoms with van der Waals surface area (Å²) in [6, 6.07) is 14.1. The van der Waals surface area contributed by atoms with E-state index in [-0.39, 0.29) is 0 Å². The Kier molecular flexibility index (Phi) is 4.28. The quantitative estimate of drug-likeness (QED) is 0.807. The van der Waals surface area contributed by atoms with Crippen molar-refractivity contribution in [2.45, 2.75) is 0 Å². The lowest BCUT2D eigenvalue weighted by Crippen LogP contribution is -2.17. The average Bonchev–Trinajstić information content (AvgIpc) is 2.47. The Balaban J connectivity index is 2.59. The highest BCUT2D eigenvalue weighted by molar-refractivity contribution is 8.21. The van der Waals surface area contributed by atoms with E-state index < -0.39 is 6.04 Å². The second kappa shape index (κ2) is 5.77. The van der Waals surface area contributed by atoms with Crippen molar-refractivity contribution in [3.8, 4) is 11.5 Å². The van der Waals surface area contributed by atoms with Gasteiger partial charge in [-0.15, -0.1) is 0 Å². The molecule has 2 aromatic rings. The van der Waals surface area contributed by atoms with Gasteiger partial charge in [0.15, 0.2) is 0 Å². The second-order valence-electron chi connectivity index (χ2n) is 4.30. The molecule has 0 saturated heterocycles. The molecular formula is C15H17O2PS. The standard InChI is InChI=1S/C15H17O2PS/c1-16-12-9-10-14(17-2)15(11-12)18(3,19)13-7-5-4-6-8-13/h4-11H,1-3H3. The van der Waals surface area contributed by atoms with Gasteiger partial charge >= 0.3 is 0 Å². The monoisotopic (exact) mass is 292 g/mol. The first kappa shape index (κ1) is 14.1. The third-order valence-corrected chi connectivity index (χ3v) is 6.87. The molecule has 2 rings (SSSR count). The summed E-state index contributed by atoms with van der Waals surface area (Å²) in [7, 11) is 3.33. The van der Waals surface area contributed by atoms with E-state index in [1.165, 1.54) is 5.30 Å². The van der Waals surface area contributed by atoms with Crippen molar-refractivity contribution in [2.75, 3.05) is 20.9 Å². The minimum Gasteiger partial charge on any atom is -0.497 e. The molecule has 0 amide bonds. The number of methoxy groups -OCH3 is 2. The molecule has 0 radical (unpaired) electrons. The minimum atomic E-state index is -1.86. The van der Waals surface area contributed by atoms with Crippen LogP contribution in [0, 0.1) is 0 Å². The number of hydrogen-bond acceptors (Lipinski definition) is 3. The van der Waals surface area contributed by atoms with E-state index in [9.17, 15) is 0 Å². The topological polar surface area (TPSA) is 18.5 Å². The Hall–Kier alpha value is -1.31. The van der Waals surface area contributed by atoms with Crippen LogP contribution in [0.4, 0.5) is 0 Å². The van der Waals surface area contributed by atoms with Gasteiger partial charge in [-0.05, 0) is 30.2 Å². The third kappa shape index (κ3) is 2.83. The van der Waals surface area contributed by atoms with Crippen molar-refractivity contribution in [1.29, 1.82) is 0 Å². The highest BCUT2D eigenvalue weighted by Crippen LogP contribution is 2.43. The summed E-state index contributed by atoms with van der Waals surface area (Å²) in [6.07, 6.45) is 0. The van der Waals surface area contributed by atoms with Crippen molar-refractivity contribution in [2.24, 2.45) is 0 Å². The van der Waals surface area contributed by atoms with Crippen LogP contribution in [0.2, 0.25) is 0 Å². The van der Waals surface area contributed by atoms with Crippen molar-refractivity contribution in [3.05, 3.63) is 48.5 Å². The molecule has 0 aliphatic rings. The molecule has 0 bridgehead atoms. The van der Waals surface area contributed by atoms with Crippen molar-refractivity contribution < 1.29 is 9.47 Å². The molecule has 2 aromatic carbocycles. The van der Waals surface area contributed by atoms with E-state index >= 15 is 0 Å². The van der Waals surface area contributed by atoms with E-state index in [0.717, 1.165) is 16.8 Å². The second-order valence-corrected chi connectivity index (χ2v) is 9.33. The molecule has 0 aromatic heterocycles. The van der Waals surface area contributed by atoms with Crippen LogP contribution in [-0.4, -0.2) is 20.9 Å². The molecule has 2 nitrogen and oxygen atoms in total. The first-order valence-corrected chi connectivity index (χ1v) is 9.20.